The van der Waals surface area contributed by atoms with E-state index in [1.807, 2.05) is 0 Å². The lowest BCUT2D eigenvalue weighted by Crippen LogP contribution is -2.46. The first-order chi connectivity index (χ1) is 13.1. The summed E-state index contributed by atoms with van der Waals surface area (Å²) in [5, 5.41) is 3.64. The van der Waals surface area contributed by atoms with Crippen molar-refractivity contribution >= 4 is 0 Å². The van der Waals surface area contributed by atoms with E-state index in [0.29, 0.717) is 0 Å². The number of hydrogen-bond donors (Lipinski definition) is 1. The third-order valence-corrected chi connectivity index (χ3v) is 6.12. The van der Waals surface area contributed by atoms with Crippen LogP contribution in [0, 0.1) is 0 Å². The summed E-state index contributed by atoms with van der Waals surface area (Å²) in [6.45, 7) is 7.18. The van der Waals surface area contributed by atoms with Gasteiger partial charge in [0.15, 0.2) is 0 Å². The van der Waals surface area contributed by atoms with Gasteiger partial charge in [-0.2, -0.15) is 0 Å². The van der Waals surface area contributed by atoms with Gasteiger partial charge in [-0.1, -0.05) is 55.5 Å². The zero-order valence-corrected chi connectivity index (χ0v) is 17.0. The summed E-state index contributed by atoms with van der Waals surface area (Å²) >= 11 is 0. The molecule has 27 heavy (non-hydrogen) atoms. The van der Waals surface area contributed by atoms with Crippen LogP contribution in [0.2, 0.25) is 0 Å². The van der Waals surface area contributed by atoms with E-state index < -0.39 is 0 Å². The van der Waals surface area contributed by atoms with E-state index in [-0.39, 0.29) is 11.0 Å². The Kier molecular flexibility index (Phi) is 6.56. The van der Waals surface area contributed by atoms with Crippen molar-refractivity contribution in [3.05, 3.63) is 65.7 Å². The SMILES string of the molecule is CCC1(C)CC(CCNCc2ccccc2)(c2ccccc2OC)CCO1. The van der Waals surface area contributed by atoms with Gasteiger partial charge in [0.2, 0.25) is 0 Å². The van der Waals surface area contributed by atoms with Crippen molar-refractivity contribution in [2.45, 2.75) is 57.1 Å². The average molecular weight is 368 g/mol. The molecular weight excluding hydrogens is 334 g/mol. The minimum Gasteiger partial charge on any atom is -0.496 e. The molecule has 0 amide bonds. The summed E-state index contributed by atoms with van der Waals surface area (Å²) in [5.41, 5.74) is 2.67. The maximum Gasteiger partial charge on any atom is 0.122 e. The van der Waals surface area contributed by atoms with Crippen LogP contribution >= 0.6 is 0 Å². The molecule has 1 heterocycles. The molecule has 1 fully saturated rings. The highest BCUT2D eigenvalue weighted by Gasteiger charge is 2.44. The molecule has 3 heteroatoms. The van der Waals surface area contributed by atoms with Gasteiger partial charge >= 0.3 is 0 Å². The minimum absolute atomic E-state index is 0.0709. The number of para-hydroxylation sites is 1. The van der Waals surface area contributed by atoms with Gasteiger partial charge in [0.05, 0.1) is 12.7 Å². The molecule has 3 rings (SSSR count). The summed E-state index contributed by atoms with van der Waals surface area (Å²) in [7, 11) is 1.78. The highest BCUT2D eigenvalue weighted by atomic mass is 16.5. The van der Waals surface area contributed by atoms with Gasteiger partial charge in [-0.05, 0) is 50.8 Å². The second-order valence-corrected chi connectivity index (χ2v) is 7.97. The molecule has 0 bridgehead atoms. The Balaban J connectivity index is 1.78. The lowest BCUT2D eigenvalue weighted by atomic mass is 9.66. The van der Waals surface area contributed by atoms with Crippen LogP contribution in [-0.2, 0) is 16.7 Å². The van der Waals surface area contributed by atoms with Crippen LogP contribution in [0.3, 0.4) is 0 Å². The Morgan fingerprint density at radius 2 is 1.81 bits per heavy atom. The Labute approximate surface area is 164 Å². The molecule has 2 atom stereocenters. The zero-order valence-electron chi connectivity index (χ0n) is 17.0. The summed E-state index contributed by atoms with van der Waals surface area (Å²) in [4.78, 5) is 0. The van der Waals surface area contributed by atoms with E-state index in [0.717, 1.165) is 51.1 Å². The van der Waals surface area contributed by atoms with Crippen molar-refractivity contribution in [3.8, 4) is 5.75 Å². The molecule has 1 aliphatic heterocycles. The molecular formula is C24H33NO2. The first-order valence-corrected chi connectivity index (χ1v) is 10.1. The van der Waals surface area contributed by atoms with E-state index in [1.54, 1.807) is 7.11 Å². The van der Waals surface area contributed by atoms with Crippen LogP contribution in [0.4, 0.5) is 0 Å². The highest BCUT2D eigenvalue weighted by molar-refractivity contribution is 5.40. The van der Waals surface area contributed by atoms with E-state index in [4.69, 9.17) is 9.47 Å². The van der Waals surface area contributed by atoms with Crippen LogP contribution in [0.25, 0.3) is 0 Å². The molecule has 2 aromatic carbocycles. The Hall–Kier alpha value is -1.84. The fraction of sp³-hybridized carbons (Fsp3) is 0.500. The molecule has 3 nitrogen and oxygen atoms in total. The number of rotatable bonds is 8. The zero-order chi connectivity index (χ0) is 19.2. The molecule has 2 aromatic rings. The van der Waals surface area contributed by atoms with E-state index in [1.165, 1.54) is 11.1 Å². The number of methoxy groups -OCH3 is 1. The minimum atomic E-state index is -0.0709. The molecule has 0 aromatic heterocycles. The second kappa shape index (κ2) is 8.90. The molecule has 0 saturated carbocycles. The lowest BCUT2D eigenvalue weighted by molar-refractivity contribution is -0.0982. The van der Waals surface area contributed by atoms with Crippen LogP contribution in [0.15, 0.2) is 54.6 Å². The van der Waals surface area contributed by atoms with Crippen LogP contribution in [0.1, 0.15) is 50.7 Å². The maximum atomic E-state index is 6.18. The molecule has 0 radical (unpaired) electrons. The number of benzene rings is 2. The van der Waals surface area contributed by atoms with Gasteiger partial charge in [-0.25, -0.2) is 0 Å². The first-order valence-electron chi connectivity index (χ1n) is 10.1. The fourth-order valence-corrected chi connectivity index (χ4v) is 4.39. The van der Waals surface area contributed by atoms with Crippen LogP contribution in [-0.4, -0.2) is 25.9 Å². The predicted octanol–water partition coefficient (Wildman–Crippen LogP) is 5.09. The summed E-state index contributed by atoms with van der Waals surface area (Å²) in [5.74, 6) is 1.00. The predicted molar refractivity (Wildman–Crippen MR) is 111 cm³/mol. The topological polar surface area (TPSA) is 30.5 Å². The van der Waals surface area contributed by atoms with E-state index in [2.05, 4.69) is 73.8 Å². The van der Waals surface area contributed by atoms with E-state index >= 15 is 0 Å². The van der Waals surface area contributed by atoms with Crippen molar-refractivity contribution in [2.24, 2.45) is 0 Å². The molecule has 1 N–H and O–H groups in total. The van der Waals surface area contributed by atoms with Crippen molar-refractivity contribution < 1.29 is 9.47 Å². The van der Waals surface area contributed by atoms with Crippen molar-refractivity contribution in [2.75, 3.05) is 20.3 Å². The fourth-order valence-electron chi connectivity index (χ4n) is 4.39. The number of ether oxygens (including phenoxy) is 2. The van der Waals surface area contributed by atoms with Gasteiger partial charge in [0, 0.05) is 24.1 Å². The smallest absolute Gasteiger partial charge is 0.122 e. The second-order valence-electron chi connectivity index (χ2n) is 7.97. The lowest BCUT2D eigenvalue weighted by Gasteiger charge is -2.47. The van der Waals surface area contributed by atoms with Gasteiger partial charge in [-0.3, -0.25) is 0 Å². The number of nitrogens with one attached hydrogen (secondary N) is 1. The van der Waals surface area contributed by atoms with Gasteiger partial charge in [0.25, 0.3) is 0 Å². The molecule has 0 aliphatic carbocycles. The summed E-state index contributed by atoms with van der Waals surface area (Å²) < 4.78 is 11.9. The van der Waals surface area contributed by atoms with Gasteiger partial charge < -0.3 is 14.8 Å². The monoisotopic (exact) mass is 367 g/mol. The Bertz CT molecular complexity index is 717. The molecule has 1 saturated heterocycles. The third-order valence-electron chi connectivity index (χ3n) is 6.12. The van der Waals surface area contributed by atoms with Crippen LogP contribution < -0.4 is 10.1 Å². The third kappa shape index (κ3) is 4.72. The largest absolute Gasteiger partial charge is 0.496 e. The van der Waals surface area contributed by atoms with E-state index in [9.17, 15) is 0 Å². The van der Waals surface area contributed by atoms with Crippen LogP contribution in [0.5, 0.6) is 5.75 Å². The Morgan fingerprint density at radius 3 is 2.56 bits per heavy atom. The molecule has 1 aliphatic rings. The standard InChI is InChI=1S/C24H33NO2/c1-4-23(2)19-24(15-17-27-23,21-12-8-9-13-22(21)26-3)14-16-25-18-20-10-6-5-7-11-20/h5-13,25H,4,14-19H2,1-3H3. The molecule has 2 unspecified atom stereocenters. The molecule has 0 spiro atoms. The van der Waals surface area contributed by atoms with Crippen molar-refractivity contribution in [3.63, 3.8) is 0 Å². The van der Waals surface area contributed by atoms with Crippen molar-refractivity contribution in [1.82, 2.24) is 5.32 Å². The average Bonchev–Trinajstić information content (AvgIpc) is 2.72. The Morgan fingerprint density at radius 1 is 1.07 bits per heavy atom. The molecule has 146 valence electrons. The first kappa shape index (κ1) is 19.9. The number of hydrogen-bond acceptors (Lipinski definition) is 3. The summed E-state index contributed by atoms with van der Waals surface area (Å²) in [6.07, 6.45) is 4.18. The maximum absolute atomic E-state index is 6.18. The highest BCUT2D eigenvalue weighted by Crippen LogP contribution is 2.47. The van der Waals surface area contributed by atoms with Gasteiger partial charge in [0.1, 0.15) is 5.75 Å². The quantitative estimate of drug-likeness (QED) is 0.659. The van der Waals surface area contributed by atoms with Crippen molar-refractivity contribution in [1.29, 1.82) is 0 Å². The van der Waals surface area contributed by atoms with Gasteiger partial charge in [-0.15, -0.1) is 0 Å². The summed E-state index contributed by atoms with van der Waals surface area (Å²) in [6, 6.07) is 19.1. The normalized spacial score (nSPS) is 25.3.